The number of aromatic nitrogens is 1. The number of carbonyl (C=O) groups is 2. The SMILES string of the molecule is CCCC[C@H](c1cccnc1)N(C)C(=O)CN1CCCCC1=O. The molecular weight excluding hydrogens is 290 g/mol. The number of hydrogen-bond acceptors (Lipinski definition) is 3. The lowest BCUT2D eigenvalue weighted by Crippen LogP contribution is -2.44. The molecule has 5 heteroatoms. The third kappa shape index (κ3) is 4.78. The van der Waals surface area contributed by atoms with Gasteiger partial charge in [-0.25, -0.2) is 0 Å². The van der Waals surface area contributed by atoms with Crippen LogP contribution in [0.1, 0.15) is 57.1 Å². The van der Waals surface area contributed by atoms with Crippen LogP contribution < -0.4 is 0 Å². The average Bonchev–Trinajstić information content (AvgIpc) is 2.58. The van der Waals surface area contributed by atoms with Crippen molar-refractivity contribution in [2.24, 2.45) is 0 Å². The van der Waals surface area contributed by atoms with Gasteiger partial charge in [0, 0.05) is 32.4 Å². The van der Waals surface area contributed by atoms with E-state index in [-0.39, 0.29) is 24.4 Å². The Hall–Kier alpha value is -1.91. The predicted molar refractivity (Wildman–Crippen MR) is 89.7 cm³/mol. The van der Waals surface area contributed by atoms with Crippen molar-refractivity contribution in [3.8, 4) is 0 Å². The Kier molecular flexibility index (Phi) is 6.56. The number of unbranched alkanes of at least 4 members (excludes halogenated alkanes) is 1. The van der Waals surface area contributed by atoms with Crippen molar-refractivity contribution in [2.75, 3.05) is 20.1 Å². The first-order valence-electron chi connectivity index (χ1n) is 8.56. The molecule has 0 bridgehead atoms. The van der Waals surface area contributed by atoms with Crippen LogP contribution >= 0.6 is 0 Å². The lowest BCUT2D eigenvalue weighted by atomic mass is 10.0. The number of likely N-dealkylation sites (tertiary alicyclic amines) is 1. The predicted octanol–water partition coefficient (Wildman–Crippen LogP) is 2.78. The summed E-state index contributed by atoms with van der Waals surface area (Å²) in [6.45, 7) is 3.04. The molecule has 0 spiro atoms. The lowest BCUT2D eigenvalue weighted by molar-refractivity contribution is -0.142. The summed E-state index contributed by atoms with van der Waals surface area (Å²) in [4.78, 5) is 32.2. The summed E-state index contributed by atoms with van der Waals surface area (Å²) in [5, 5.41) is 0. The Morgan fingerprint density at radius 3 is 2.91 bits per heavy atom. The molecule has 2 rings (SSSR count). The number of piperidine rings is 1. The summed E-state index contributed by atoms with van der Waals surface area (Å²) in [7, 11) is 1.84. The third-order valence-electron chi connectivity index (χ3n) is 4.51. The van der Waals surface area contributed by atoms with E-state index < -0.39 is 0 Å². The zero-order valence-electron chi connectivity index (χ0n) is 14.2. The fourth-order valence-electron chi connectivity index (χ4n) is 3.03. The van der Waals surface area contributed by atoms with Crippen LogP contribution in [-0.2, 0) is 9.59 Å². The molecule has 23 heavy (non-hydrogen) atoms. The molecule has 2 heterocycles. The summed E-state index contributed by atoms with van der Waals surface area (Å²) in [5.41, 5.74) is 1.06. The highest BCUT2D eigenvalue weighted by molar-refractivity contribution is 5.85. The molecule has 0 N–H and O–H groups in total. The highest BCUT2D eigenvalue weighted by Gasteiger charge is 2.26. The van der Waals surface area contributed by atoms with E-state index in [4.69, 9.17) is 0 Å². The number of carbonyl (C=O) groups excluding carboxylic acids is 2. The quantitative estimate of drug-likeness (QED) is 0.777. The lowest BCUT2D eigenvalue weighted by Gasteiger charge is -2.32. The Bertz CT molecular complexity index is 518. The Labute approximate surface area is 138 Å². The van der Waals surface area contributed by atoms with Crippen molar-refractivity contribution in [3.05, 3.63) is 30.1 Å². The monoisotopic (exact) mass is 317 g/mol. The highest BCUT2D eigenvalue weighted by Crippen LogP contribution is 2.25. The van der Waals surface area contributed by atoms with E-state index in [0.717, 1.165) is 37.7 Å². The molecule has 0 aromatic carbocycles. The first-order chi connectivity index (χ1) is 11.1. The largest absolute Gasteiger partial charge is 0.337 e. The Morgan fingerprint density at radius 1 is 1.43 bits per heavy atom. The normalized spacial score (nSPS) is 16.3. The van der Waals surface area contributed by atoms with E-state index in [9.17, 15) is 9.59 Å². The molecule has 1 saturated heterocycles. The van der Waals surface area contributed by atoms with Gasteiger partial charge in [-0.2, -0.15) is 0 Å². The fourth-order valence-corrected chi connectivity index (χ4v) is 3.03. The smallest absolute Gasteiger partial charge is 0.242 e. The van der Waals surface area contributed by atoms with Gasteiger partial charge >= 0.3 is 0 Å². The van der Waals surface area contributed by atoms with Gasteiger partial charge in [-0.05, 0) is 30.9 Å². The molecule has 1 aromatic heterocycles. The van der Waals surface area contributed by atoms with Crippen molar-refractivity contribution in [3.63, 3.8) is 0 Å². The molecule has 1 aliphatic heterocycles. The van der Waals surface area contributed by atoms with Crippen LogP contribution in [0.3, 0.4) is 0 Å². The zero-order valence-corrected chi connectivity index (χ0v) is 14.2. The van der Waals surface area contributed by atoms with Gasteiger partial charge in [-0.3, -0.25) is 14.6 Å². The standard InChI is InChI=1S/C18H27N3O2/c1-3-4-9-16(15-8-7-11-19-13-15)20(2)18(23)14-21-12-6-5-10-17(21)22/h7-8,11,13,16H,3-6,9-10,12,14H2,1-2H3/t16-/m1/s1. The number of likely N-dealkylation sites (N-methyl/N-ethyl adjacent to an activating group) is 1. The van der Waals surface area contributed by atoms with Crippen LogP contribution in [0, 0.1) is 0 Å². The van der Waals surface area contributed by atoms with Gasteiger partial charge in [-0.15, -0.1) is 0 Å². The van der Waals surface area contributed by atoms with Gasteiger partial charge in [0.2, 0.25) is 11.8 Å². The van der Waals surface area contributed by atoms with Gasteiger partial charge in [0.1, 0.15) is 0 Å². The molecule has 1 fully saturated rings. The Morgan fingerprint density at radius 2 is 2.26 bits per heavy atom. The van der Waals surface area contributed by atoms with Crippen molar-refractivity contribution >= 4 is 11.8 Å². The fraction of sp³-hybridized carbons (Fsp3) is 0.611. The minimum atomic E-state index is 0.00482. The van der Waals surface area contributed by atoms with E-state index in [1.54, 1.807) is 16.0 Å². The van der Waals surface area contributed by atoms with Crippen LogP contribution in [0.25, 0.3) is 0 Å². The van der Waals surface area contributed by atoms with Crippen LogP contribution in [0.2, 0.25) is 0 Å². The second-order valence-corrected chi connectivity index (χ2v) is 6.22. The van der Waals surface area contributed by atoms with Gasteiger partial charge < -0.3 is 9.80 Å². The molecule has 1 atom stereocenters. The van der Waals surface area contributed by atoms with Crippen LogP contribution in [0.15, 0.2) is 24.5 Å². The third-order valence-corrected chi connectivity index (χ3v) is 4.51. The first-order valence-corrected chi connectivity index (χ1v) is 8.56. The van der Waals surface area contributed by atoms with E-state index >= 15 is 0 Å². The molecule has 1 aromatic rings. The highest BCUT2D eigenvalue weighted by atomic mass is 16.2. The molecule has 0 aliphatic carbocycles. The number of pyridine rings is 1. The summed E-state index contributed by atoms with van der Waals surface area (Å²) in [6.07, 6.45) is 9.13. The molecule has 126 valence electrons. The number of nitrogens with zero attached hydrogens (tertiary/aromatic N) is 3. The van der Waals surface area contributed by atoms with Gasteiger partial charge in [0.25, 0.3) is 0 Å². The van der Waals surface area contributed by atoms with Crippen LogP contribution in [0.4, 0.5) is 0 Å². The second kappa shape index (κ2) is 8.65. The van der Waals surface area contributed by atoms with E-state index in [2.05, 4.69) is 11.9 Å². The van der Waals surface area contributed by atoms with Crippen molar-refractivity contribution < 1.29 is 9.59 Å². The van der Waals surface area contributed by atoms with Crippen molar-refractivity contribution in [1.82, 2.24) is 14.8 Å². The summed E-state index contributed by atoms with van der Waals surface area (Å²) in [5.74, 6) is 0.106. The number of hydrogen-bond donors (Lipinski definition) is 0. The van der Waals surface area contributed by atoms with Gasteiger partial charge in [0.15, 0.2) is 0 Å². The summed E-state index contributed by atoms with van der Waals surface area (Å²) >= 11 is 0. The molecule has 1 aliphatic rings. The van der Waals surface area contributed by atoms with Crippen LogP contribution in [0.5, 0.6) is 0 Å². The molecular formula is C18H27N3O2. The first kappa shape index (κ1) is 17.4. The maximum absolute atomic E-state index is 12.6. The molecule has 5 nitrogen and oxygen atoms in total. The van der Waals surface area contributed by atoms with Crippen molar-refractivity contribution in [2.45, 2.75) is 51.5 Å². The molecule has 2 amide bonds. The second-order valence-electron chi connectivity index (χ2n) is 6.22. The average molecular weight is 317 g/mol. The topological polar surface area (TPSA) is 53.5 Å². The van der Waals surface area contributed by atoms with Crippen molar-refractivity contribution in [1.29, 1.82) is 0 Å². The summed E-state index contributed by atoms with van der Waals surface area (Å²) < 4.78 is 0. The van der Waals surface area contributed by atoms with Crippen LogP contribution in [-0.4, -0.2) is 46.7 Å². The summed E-state index contributed by atoms with van der Waals surface area (Å²) in [6, 6.07) is 3.94. The van der Waals surface area contributed by atoms with E-state index in [1.165, 1.54) is 0 Å². The molecule has 0 unspecified atom stereocenters. The minimum Gasteiger partial charge on any atom is -0.337 e. The molecule has 0 saturated carbocycles. The number of rotatable bonds is 7. The minimum absolute atomic E-state index is 0.00482. The van der Waals surface area contributed by atoms with E-state index in [1.807, 2.05) is 25.4 Å². The van der Waals surface area contributed by atoms with Gasteiger partial charge in [0.05, 0.1) is 12.6 Å². The molecule has 0 radical (unpaired) electrons. The van der Waals surface area contributed by atoms with E-state index in [0.29, 0.717) is 13.0 Å². The van der Waals surface area contributed by atoms with Gasteiger partial charge in [-0.1, -0.05) is 25.8 Å². The zero-order chi connectivity index (χ0) is 16.7. The number of amides is 2. The Balaban J connectivity index is 2.05. The maximum atomic E-state index is 12.6. The maximum Gasteiger partial charge on any atom is 0.242 e.